The van der Waals surface area contributed by atoms with Gasteiger partial charge >= 0.3 is 141 Å². The standard InChI is InChI=1S/C9H7.C8H6N.C3H6.CH3.2ClH.Ti/c1-2-5-9-7-3-6-8(9)4-1;1-2-4-8-7(3-1)5-6-9-8;1-3-2;;;;/h1-7H;1-5,9H;1-2H3;1H3;2*1H;. The zero-order valence-electron chi connectivity index (χ0n) is 14.7. The Hall–Kier alpha value is -1.12. The molecule has 1 aliphatic rings. The van der Waals surface area contributed by atoms with E-state index < -0.39 is 16.1 Å². The van der Waals surface area contributed by atoms with E-state index in [2.05, 4.69) is 90.8 Å². The van der Waals surface area contributed by atoms with Gasteiger partial charge in [0.05, 0.1) is 0 Å². The van der Waals surface area contributed by atoms with Crippen molar-refractivity contribution in [2.24, 2.45) is 0 Å². The smallest absolute Gasteiger partial charge is 0.147 e. The van der Waals surface area contributed by atoms with Gasteiger partial charge in [-0.25, -0.2) is 0 Å². The molecule has 4 heteroatoms. The van der Waals surface area contributed by atoms with Gasteiger partial charge in [-0.15, -0.1) is 24.8 Å². The van der Waals surface area contributed by atoms with Crippen molar-refractivity contribution in [2.75, 3.05) is 0 Å². The first-order valence-corrected chi connectivity index (χ1v) is 12.3. The van der Waals surface area contributed by atoms with Crippen molar-refractivity contribution >= 4 is 49.6 Å². The van der Waals surface area contributed by atoms with E-state index in [1.54, 1.807) is 3.81 Å². The molecule has 1 N–H and O–H groups in total. The van der Waals surface area contributed by atoms with Gasteiger partial charge in [-0.2, -0.15) is 0 Å². The number of hydrogen-bond acceptors (Lipinski definition) is 0. The van der Waals surface area contributed by atoms with E-state index in [-0.39, 0.29) is 24.8 Å². The molecular formula is C21H24Cl2NTi. The number of aromatic amines is 1. The molecule has 3 aromatic rings. The van der Waals surface area contributed by atoms with Crippen LogP contribution in [0.15, 0.2) is 60.7 Å². The van der Waals surface area contributed by atoms with Crippen LogP contribution in [0.2, 0.25) is 5.23 Å². The number of benzene rings is 2. The zero-order chi connectivity index (χ0) is 16.0. The number of rotatable bonds is 2. The fraction of sp³-hybridized carbons (Fsp3) is 0.190. The van der Waals surface area contributed by atoms with Crippen LogP contribution in [0.3, 0.4) is 0 Å². The van der Waals surface area contributed by atoms with Gasteiger partial charge in [0, 0.05) is 0 Å². The second kappa shape index (κ2) is 7.64. The van der Waals surface area contributed by atoms with E-state index in [0.717, 1.165) is 0 Å². The third-order valence-corrected chi connectivity index (χ3v) is 13.7. The molecule has 0 bridgehead atoms. The Morgan fingerprint density at radius 1 is 0.960 bits per heavy atom. The SMILES string of the molecule is C[C](C)=[Ti]([CH3])([c]1cc2ccccc2[nH]1)[CH]1C=Cc2ccccc21.Cl.Cl. The molecule has 0 radical (unpaired) electrons. The molecule has 1 nitrogen and oxygen atoms in total. The number of aromatic nitrogens is 1. The van der Waals surface area contributed by atoms with Crippen LogP contribution in [0, 0.1) is 0 Å². The maximum atomic E-state index is 3.75. The van der Waals surface area contributed by atoms with Crippen LogP contribution in [0.1, 0.15) is 29.2 Å². The topological polar surface area (TPSA) is 15.8 Å². The summed E-state index contributed by atoms with van der Waals surface area (Å²) < 4.78 is 3.66. The summed E-state index contributed by atoms with van der Waals surface area (Å²) in [4.78, 5) is 3.75. The molecule has 25 heavy (non-hydrogen) atoms. The Kier molecular flexibility index (Phi) is 6.17. The van der Waals surface area contributed by atoms with E-state index in [1.165, 1.54) is 26.0 Å². The molecule has 0 fully saturated rings. The summed E-state index contributed by atoms with van der Waals surface area (Å²) in [5, 5.41) is 3.88. The van der Waals surface area contributed by atoms with Crippen LogP contribution in [0.25, 0.3) is 17.0 Å². The van der Waals surface area contributed by atoms with Crippen molar-refractivity contribution in [3.8, 4) is 0 Å². The summed E-state index contributed by atoms with van der Waals surface area (Å²) in [7, 11) is 0. The molecule has 131 valence electrons. The normalized spacial score (nSPS) is 17.3. The second-order valence-corrected chi connectivity index (χ2v) is 14.1. The van der Waals surface area contributed by atoms with Crippen molar-refractivity contribution in [3.05, 3.63) is 71.8 Å². The Morgan fingerprint density at radius 3 is 2.36 bits per heavy atom. The number of allylic oxidation sites excluding steroid dienone is 1. The van der Waals surface area contributed by atoms with E-state index in [4.69, 9.17) is 0 Å². The molecule has 0 amide bonds. The number of hydrogen-bond donors (Lipinski definition) is 1. The zero-order valence-corrected chi connectivity index (χ0v) is 17.9. The van der Waals surface area contributed by atoms with Crippen molar-refractivity contribution in [2.45, 2.75) is 23.3 Å². The third-order valence-electron chi connectivity index (χ3n) is 5.55. The van der Waals surface area contributed by atoms with Crippen molar-refractivity contribution in [3.63, 3.8) is 0 Å². The largest absolute Gasteiger partial charge is 0.147 e. The molecule has 2 unspecified atom stereocenters. The molecule has 1 aliphatic carbocycles. The fourth-order valence-corrected chi connectivity index (χ4v) is 9.65. The molecule has 0 spiro atoms. The minimum absolute atomic E-state index is 0. The van der Waals surface area contributed by atoms with E-state index >= 15 is 0 Å². The van der Waals surface area contributed by atoms with Gasteiger partial charge in [0.25, 0.3) is 0 Å². The van der Waals surface area contributed by atoms with Gasteiger partial charge in [0.2, 0.25) is 0 Å². The predicted molar refractivity (Wildman–Crippen MR) is 113 cm³/mol. The Bertz CT molecular complexity index is 947. The quantitative estimate of drug-likeness (QED) is 0.514. The molecule has 1 heterocycles. The first-order chi connectivity index (χ1) is 11.1. The molecular weight excluding hydrogens is 385 g/mol. The minimum Gasteiger partial charge on any atom is -0.147 e. The Morgan fingerprint density at radius 2 is 1.64 bits per heavy atom. The predicted octanol–water partition coefficient (Wildman–Crippen LogP) is 5.82. The van der Waals surface area contributed by atoms with Gasteiger partial charge in [0.15, 0.2) is 0 Å². The number of nitrogens with one attached hydrogen (secondary N) is 1. The van der Waals surface area contributed by atoms with Gasteiger partial charge in [-0.05, 0) is 0 Å². The second-order valence-electron chi connectivity index (χ2n) is 6.94. The van der Waals surface area contributed by atoms with Crippen LogP contribution in [-0.4, -0.2) is 8.80 Å². The maximum absolute atomic E-state index is 3.75. The van der Waals surface area contributed by atoms with Crippen LogP contribution in [0.5, 0.6) is 0 Å². The van der Waals surface area contributed by atoms with E-state index in [9.17, 15) is 0 Å². The van der Waals surface area contributed by atoms with Crippen LogP contribution in [0.4, 0.5) is 0 Å². The molecule has 0 saturated carbocycles. The number of fused-ring (bicyclic) bond motifs is 2. The summed E-state index contributed by atoms with van der Waals surface area (Å²) in [5.74, 6) is 0. The van der Waals surface area contributed by atoms with Crippen LogP contribution < -0.4 is 4.00 Å². The Balaban J connectivity index is 0.00000113. The number of para-hydroxylation sites is 1. The van der Waals surface area contributed by atoms with Gasteiger partial charge in [-0.3, -0.25) is 0 Å². The number of halogens is 2. The summed E-state index contributed by atoms with van der Waals surface area (Å²) in [6, 6.07) is 19.9. The van der Waals surface area contributed by atoms with Gasteiger partial charge in [-0.1, -0.05) is 0 Å². The van der Waals surface area contributed by atoms with Crippen molar-refractivity contribution in [1.82, 2.24) is 4.98 Å². The van der Waals surface area contributed by atoms with Crippen molar-refractivity contribution in [1.29, 1.82) is 0 Å². The molecule has 1 aromatic heterocycles. The monoisotopic (exact) mass is 408 g/mol. The van der Waals surface area contributed by atoms with E-state index in [0.29, 0.717) is 4.22 Å². The molecule has 0 aliphatic heterocycles. The maximum Gasteiger partial charge on any atom is -0.147 e. The number of H-pyrrole nitrogens is 1. The summed E-state index contributed by atoms with van der Waals surface area (Å²) in [6.07, 6.45) is 4.76. The van der Waals surface area contributed by atoms with E-state index in [1.807, 2.05) is 0 Å². The fourth-order valence-electron chi connectivity index (χ4n) is 3.85. The molecule has 0 saturated heterocycles. The molecule has 2 atom stereocenters. The van der Waals surface area contributed by atoms with Gasteiger partial charge in [0.1, 0.15) is 0 Å². The first kappa shape index (κ1) is 20.2. The Labute approximate surface area is 165 Å². The minimum atomic E-state index is -2.46. The van der Waals surface area contributed by atoms with Crippen LogP contribution in [-0.2, 0) is 16.1 Å². The van der Waals surface area contributed by atoms with Gasteiger partial charge < -0.3 is 0 Å². The van der Waals surface area contributed by atoms with Crippen LogP contribution >= 0.6 is 24.8 Å². The van der Waals surface area contributed by atoms with Crippen molar-refractivity contribution < 1.29 is 16.1 Å². The molecule has 2 aromatic carbocycles. The third kappa shape index (κ3) is 3.20. The molecule has 4 rings (SSSR count). The average Bonchev–Trinajstić information content (AvgIpc) is 3.18. The first-order valence-electron chi connectivity index (χ1n) is 8.26. The summed E-state index contributed by atoms with van der Waals surface area (Å²) in [6.45, 7) is 4.67. The summed E-state index contributed by atoms with van der Waals surface area (Å²) in [5.41, 5.74) is 4.16. The average molecular weight is 409 g/mol. The summed E-state index contributed by atoms with van der Waals surface area (Å²) >= 11 is -2.46.